The van der Waals surface area contributed by atoms with Gasteiger partial charge in [-0.25, -0.2) is 0 Å². The summed E-state index contributed by atoms with van der Waals surface area (Å²) in [6, 6.07) is 7.48. The standard InChI is InChI=1S/C17H18N4O2/c1-10(22)21-7-6-12-8-13(4-5-16(12)21)18-17(23)15-9-14(19-20-15)11-2-3-11/h4-5,8-9,11H,2-3,6-7H2,1H3,(H,18,23)(H,19,20). The molecule has 118 valence electrons. The molecule has 1 aromatic carbocycles. The van der Waals surface area contributed by atoms with Crippen molar-refractivity contribution >= 4 is 23.2 Å². The number of aromatic nitrogens is 2. The van der Waals surface area contributed by atoms with Crippen molar-refractivity contribution in [3.05, 3.63) is 41.2 Å². The van der Waals surface area contributed by atoms with Gasteiger partial charge in [0.2, 0.25) is 5.91 Å². The number of anilines is 2. The highest BCUT2D eigenvalue weighted by Gasteiger charge is 2.27. The maximum Gasteiger partial charge on any atom is 0.276 e. The normalized spacial score (nSPS) is 16.3. The summed E-state index contributed by atoms with van der Waals surface area (Å²) in [6.07, 6.45) is 3.15. The molecule has 1 fully saturated rings. The molecule has 0 spiro atoms. The van der Waals surface area contributed by atoms with E-state index in [4.69, 9.17) is 0 Å². The molecule has 0 bridgehead atoms. The molecule has 0 saturated heterocycles. The van der Waals surface area contributed by atoms with Crippen LogP contribution in [0, 0.1) is 0 Å². The van der Waals surface area contributed by atoms with Crippen LogP contribution < -0.4 is 10.2 Å². The first-order valence-corrected chi connectivity index (χ1v) is 7.89. The molecule has 0 unspecified atom stereocenters. The van der Waals surface area contributed by atoms with Crippen molar-refractivity contribution in [3.8, 4) is 0 Å². The topological polar surface area (TPSA) is 78.1 Å². The Hall–Kier alpha value is -2.63. The molecule has 23 heavy (non-hydrogen) atoms. The Labute approximate surface area is 133 Å². The quantitative estimate of drug-likeness (QED) is 0.914. The van der Waals surface area contributed by atoms with Gasteiger partial charge in [0.15, 0.2) is 5.69 Å². The monoisotopic (exact) mass is 310 g/mol. The number of fused-ring (bicyclic) bond motifs is 1. The Morgan fingerprint density at radius 3 is 2.87 bits per heavy atom. The summed E-state index contributed by atoms with van der Waals surface area (Å²) in [5.74, 6) is 0.376. The fraction of sp³-hybridized carbons (Fsp3) is 0.353. The SMILES string of the molecule is CC(=O)N1CCc2cc(NC(=O)c3cc(C4CC4)[nH]n3)ccc21. The maximum atomic E-state index is 12.3. The average Bonchev–Trinajstić information content (AvgIpc) is 3.11. The van der Waals surface area contributed by atoms with Gasteiger partial charge in [-0.1, -0.05) is 0 Å². The second-order valence-electron chi connectivity index (χ2n) is 6.20. The van der Waals surface area contributed by atoms with Crippen LogP contribution in [0.4, 0.5) is 11.4 Å². The summed E-state index contributed by atoms with van der Waals surface area (Å²) in [5.41, 5.74) is 4.21. The van der Waals surface area contributed by atoms with Crippen LogP contribution in [-0.2, 0) is 11.2 Å². The summed E-state index contributed by atoms with van der Waals surface area (Å²) in [7, 11) is 0. The summed E-state index contributed by atoms with van der Waals surface area (Å²) in [4.78, 5) is 25.6. The second-order valence-corrected chi connectivity index (χ2v) is 6.20. The fourth-order valence-corrected chi connectivity index (χ4v) is 3.06. The summed E-state index contributed by atoms with van der Waals surface area (Å²) >= 11 is 0. The number of H-pyrrole nitrogens is 1. The number of hydrogen-bond donors (Lipinski definition) is 2. The van der Waals surface area contributed by atoms with Crippen molar-refractivity contribution in [1.29, 1.82) is 0 Å². The van der Waals surface area contributed by atoms with Crippen molar-refractivity contribution < 1.29 is 9.59 Å². The number of carbonyl (C=O) groups excluding carboxylic acids is 2. The average molecular weight is 310 g/mol. The molecule has 2 aromatic rings. The van der Waals surface area contributed by atoms with Gasteiger partial charge in [-0.15, -0.1) is 0 Å². The molecule has 2 heterocycles. The van der Waals surface area contributed by atoms with Crippen molar-refractivity contribution in [2.75, 3.05) is 16.8 Å². The minimum absolute atomic E-state index is 0.0460. The highest BCUT2D eigenvalue weighted by molar-refractivity contribution is 6.03. The Morgan fingerprint density at radius 2 is 2.13 bits per heavy atom. The van der Waals surface area contributed by atoms with Gasteiger partial charge in [-0.2, -0.15) is 5.10 Å². The molecule has 2 aliphatic rings. The Kier molecular flexibility index (Phi) is 3.18. The van der Waals surface area contributed by atoms with E-state index in [1.165, 1.54) is 12.8 Å². The van der Waals surface area contributed by atoms with Gasteiger partial charge in [0.25, 0.3) is 5.91 Å². The second kappa shape index (κ2) is 5.22. The Bertz CT molecular complexity index is 792. The van der Waals surface area contributed by atoms with Gasteiger partial charge in [-0.05, 0) is 49.1 Å². The molecule has 1 aliphatic heterocycles. The van der Waals surface area contributed by atoms with E-state index in [0.717, 1.165) is 29.1 Å². The molecular weight excluding hydrogens is 292 g/mol. The molecule has 1 aromatic heterocycles. The number of nitrogens with one attached hydrogen (secondary N) is 2. The molecular formula is C17H18N4O2. The lowest BCUT2D eigenvalue weighted by atomic mass is 10.1. The first-order chi connectivity index (χ1) is 11.1. The van der Waals surface area contributed by atoms with E-state index in [1.807, 2.05) is 24.3 Å². The van der Waals surface area contributed by atoms with Crippen LogP contribution >= 0.6 is 0 Å². The van der Waals surface area contributed by atoms with Crippen LogP contribution in [0.3, 0.4) is 0 Å². The van der Waals surface area contributed by atoms with Gasteiger partial charge in [0, 0.05) is 36.5 Å². The van der Waals surface area contributed by atoms with E-state index in [2.05, 4.69) is 15.5 Å². The highest BCUT2D eigenvalue weighted by Crippen LogP contribution is 2.39. The lowest BCUT2D eigenvalue weighted by molar-refractivity contribution is -0.116. The van der Waals surface area contributed by atoms with E-state index in [0.29, 0.717) is 18.2 Å². The van der Waals surface area contributed by atoms with Crippen LogP contribution in [-0.4, -0.2) is 28.6 Å². The highest BCUT2D eigenvalue weighted by atomic mass is 16.2. The molecule has 0 atom stereocenters. The minimum atomic E-state index is -0.213. The number of hydrogen-bond acceptors (Lipinski definition) is 3. The van der Waals surface area contributed by atoms with Gasteiger partial charge in [-0.3, -0.25) is 14.7 Å². The van der Waals surface area contributed by atoms with Crippen molar-refractivity contribution in [3.63, 3.8) is 0 Å². The zero-order chi connectivity index (χ0) is 16.0. The summed E-state index contributed by atoms with van der Waals surface area (Å²) < 4.78 is 0. The Balaban J connectivity index is 1.50. The molecule has 0 radical (unpaired) electrons. The van der Waals surface area contributed by atoms with E-state index in [-0.39, 0.29) is 11.8 Å². The van der Waals surface area contributed by atoms with Crippen molar-refractivity contribution in [2.45, 2.75) is 32.1 Å². The first-order valence-electron chi connectivity index (χ1n) is 7.89. The third kappa shape index (κ3) is 2.60. The van der Waals surface area contributed by atoms with E-state index in [9.17, 15) is 9.59 Å². The summed E-state index contributed by atoms with van der Waals surface area (Å²) in [5, 5.41) is 9.91. The molecule has 6 heteroatoms. The van der Waals surface area contributed by atoms with E-state index >= 15 is 0 Å². The van der Waals surface area contributed by atoms with Gasteiger partial charge >= 0.3 is 0 Å². The summed E-state index contributed by atoms with van der Waals surface area (Å²) in [6.45, 7) is 2.27. The molecule has 1 saturated carbocycles. The first kappa shape index (κ1) is 14.0. The van der Waals surface area contributed by atoms with Crippen LogP contribution in [0.5, 0.6) is 0 Å². The van der Waals surface area contributed by atoms with Crippen LogP contribution in [0.1, 0.15) is 47.4 Å². The van der Waals surface area contributed by atoms with Crippen molar-refractivity contribution in [2.24, 2.45) is 0 Å². The van der Waals surface area contributed by atoms with Gasteiger partial charge in [0.05, 0.1) is 0 Å². The number of nitrogens with zero attached hydrogens (tertiary/aromatic N) is 2. The minimum Gasteiger partial charge on any atom is -0.321 e. The lowest BCUT2D eigenvalue weighted by Gasteiger charge is -2.14. The third-order valence-corrected chi connectivity index (χ3v) is 4.46. The van der Waals surface area contributed by atoms with E-state index < -0.39 is 0 Å². The predicted octanol–water partition coefficient (Wildman–Crippen LogP) is 2.45. The van der Waals surface area contributed by atoms with E-state index in [1.54, 1.807) is 11.8 Å². The van der Waals surface area contributed by atoms with Crippen LogP contribution in [0.15, 0.2) is 24.3 Å². The number of amides is 2. The predicted molar refractivity (Wildman–Crippen MR) is 86.7 cm³/mol. The number of benzene rings is 1. The zero-order valence-electron chi connectivity index (χ0n) is 12.9. The lowest BCUT2D eigenvalue weighted by Crippen LogP contribution is -2.25. The third-order valence-electron chi connectivity index (χ3n) is 4.46. The van der Waals surface area contributed by atoms with Gasteiger partial charge in [0.1, 0.15) is 0 Å². The van der Waals surface area contributed by atoms with Gasteiger partial charge < -0.3 is 10.2 Å². The molecule has 1 aliphatic carbocycles. The Morgan fingerprint density at radius 1 is 1.30 bits per heavy atom. The zero-order valence-corrected chi connectivity index (χ0v) is 12.9. The van der Waals surface area contributed by atoms with Crippen molar-refractivity contribution in [1.82, 2.24) is 10.2 Å². The molecule has 2 N–H and O–H groups in total. The molecule has 6 nitrogen and oxygen atoms in total. The fourth-order valence-electron chi connectivity index (χ4n) is 3.06. The number of rotatable bonds is 3. The molecule has 4 rings (SSSR count). The maximum absolute atomic E-state index is 12.3. The molecule has 2 amide bonds. The largest absolute Gasteiger partial charge is 0.321 e. The van der Waals surface area contributed by atoms with Crippen LogP contribution in [0.25, 0.3) is 0 Å². The number of aromatic amines is 1. The smallest absolute Gasteiger partial charge is 0.276 e. The van der Waals surface area contributed by atoms with Crippen LogP contribution in [0.2, 0.25) is 0 Å². The number of carbonyl (C=O) groups is 2.